The number of ether oxygens (including phenoxy) is 1. The molecule has 1 amide bonds. The van der Waals surface area contributed by atoms with Crippen LogP contribution in [-0.2, 0) is 9.53 Å². The summed E-state index contributed by atoms with van der Waals surface area (Å²) in [6.07, 6.45) is 0.268. The van der Waals surface area contributed by atoms with Crippen molar-refractivity contribution < 1.29 is 32.6 Å². The largest absolute Gasteiger partial charge is 0.481 e. The van der Waals surface area contributed by atoms with Crippen LogP contribution in [0.25, 0.3) is 0 Å². The van der Waals surface area contributed by atoms with Crippen LogP contribution < -0.4 is 0 Å². The quantitative estimate of drug-likeness (QED) is 0.815. The fourth-order valence-corrected chi connectivity index (χ4v) is 3.20. The Bertz CT molecular complexity index is 620. The number of halogens is 3. The number of thioether (sulfide) groups is 1. The predicted octanol–water partition coefficient (Wildman–Crippen LogP) is 2.86. The van der Waals surface area contributed by atoms with E-state index in [1.54, 1.807) is 0 Å². The van der Waals surface area contributed by atoms with Gasteiger partial charge in [0.25, 0.3) is 5.91 Å². The van der Waals surface area contributed by atoms with Gasteiger partial charge in [-0.1, -0.05) is 0 Å². The Balaban J connectivity index is 2.08. The molecule has 0 bridgehead atoms. The molecular formula is C15H16F3NO4S. The van der Waals surface area contributed by atoms with Gasteiger partial charge in [0.15, 0.2) is 0 Å². The lowest BCUT2D eigenvalue weighted by Gasteiger charge is -2.23. The molecule has 1 aliphatic heterocycles. The molecule has 1 aliphatic rings. The number of aliphatic carboxylic acids is 1. The van der Waals surface area contributed by atoms with E-state index in [1.807, 2.05) is 0 Å². The maximum atomic E-state index is 12.4. The van der Waals surface area contributed by atoms with Gasteiger partial charge in [-0.25, -0.2) is 0 Å². The smallest absolute Gasteiger partial charge is 0.446 e. The molecule has 1 fully saturated rings. The molecule has 24 heavy (non-hydrogen) atoms. The molecule has 1 unspecified atom stereocenters. The number of carbonyl (C=O) groups excluding carboxylic acids is 1. The summed E-state index contributed by atoms with van der Waals surface area (Å²) < 4.78 is 41.9. The normalized spacial score (nSPS) is 21.1. The second kappa shape index (κ2) is 7.02. The van der Waals surface area contributed by atoms with E-state index in [0.29, 0.717) is 0 Å². The first-order valence-corrected chi connectivity index (χ1v) is 7.86. The van der Waals surface area contributed by atoms with Gasteiger partial charge in [-0.3, -0.25) is 9.59 Å². The van der Waals surface area contributed by atoms with Crippen molar-refractivity contribution in [3.63, 3.8) is 0 Å². The standard InChI is InChI=1S/C15H16F3NO4S/c1-23-9-14(13(21)22)6-7-19(8-14)12(20)10-2-4-11(5-3-10)24-15(16,17)18/h2-5H,6-9H2,1H3,(H,21,22). The monoisotopic (exact) mass is 363 g/mol. The highest BCUT2D eigenvalue weighted by Crippen LogP contribution is 2.37. The number of carboxylic acids is 1. The number of carboxylic acid groups (broad SMARTS) is 1. The van der Waals surface area contributed by atoms with E-state index in [2.05, 4.69) is 0 Å². The third kappa shape index (κ3) is 4.21. The van der Waals surface area contributed by atoms with Crippen LogP contribution in [0.1, 0.15) is 16.8 Å². The van der Waals surface area contributed by atoms with Gasteiger partial charge in [-0.15, -0.1) is 0 Å². The molecule has 5 nitrogen and oxygen atoms in total. The van der Waals surface area contributed by atoms with Crippen LogP contribution in [0, 0.1) is 5.41 Å². The summed E-state index contributed by atoms with van der Waals surface area (Å²) >= 11 is -0.255. The number of likely N-dealkylation sites (tertiary alicyclic amines) is 1. The van der Waals surface area contributed by atoms with Gasteiger partial charge in [0.2, 0.25) is 0 Å². The first-order valence-electron chi connectivity index (χ1n) is 7.04. The Kier molecular flexibility index (Phi) is 5.44. The topological polar surface area (TPSA) is 66.8 Å². The summed E-state index contributed by atoms with van der Waals surface area (Å²) in [4.78, 5) is 25.3. The Hall–Kier alpha value is -1.74. The van der Waals surface area contributed by atoms with Crippen LogP contribution in [0.4, 0.5) is 13.2 Å². The molecule has 1 aromatic carbocycles. The molecule has 2 rings (SSSR count). The lowest BCUT2D eigenvalue weighted by atomic mass is 9.88. The fraction of sp³-hybridized carbons (Fsp3) is 0.467. The fourth-order valence-electron chi connectivity index (χ4n) is 2.66. The average molecular weight is 363 g/mol. The molecule has 0 spiro atoms. The number of amides is 1. The number of benzene rings is 1. The average Bonchev–Trinajstić information content (AvgIpc) is 2.92. The number of methoxy groups -OCH3 is 1. The van der Waals surface area contributed by atoms with E-state index >= 15 is 0 Å². The van der Waals surface area contributed by atoms with Crippen molar-refractivity contribution in [1.82, 2.24) is 4.90 Å². The van der Waals surface area contributed by atoms with E-state index < -0.39 is 22.8 Å². The minimum absolute atomic E-state index is 0.00667. The number of hydrogen-bond donors (Lipinski definition) is 1. The van der Waals surface area contributed by atoms with E-state index in [9.17, 15) is 27.9 Å². The number of alkyl halides is 3. The number of carbonyl (C=O) groups is 2. The number of hydrogen-bond acceptors (Lipinski definition) is 4. The molecular weight excluding hydrogens is 347 g/mol. The van der Waals surface area contributed by atoms with Crippen molar-refractivity contribution in [2.24, 2.45) is 5.41 Å². The molecule has 1 aromatic rings. The van der Waals surface area contributed by atoms with Gasteiger partial charge in [0.1, 0.15) is 5.41 Å². The molecule has 0 aliphatic carbocycles. The third-order valence-corrected chi connectivity index (χ3v) is 4.59. The molecule has 0 aromatic heterocycles. The van der Waals surface area contributed by atoms with Gasteiger partial charge < -0.3 is 14.7 Å². The Morgan fingerprint density at radius 2 is 1.96 bits per heavy atom. The van der Waals surface area contributed by atoms with Gasteiger partial charge >= 0.3 is 11.5 Å². The van der Waals surface area contributed by atoms with E-state index in [-0.39, 0.29) is 48.3 Å². The van der Waals surface area contributed by atoms with Gasteiger partial charge in [0, 0.05) is 30.7 Å². The van der Waals surface area contributed by atoms with Crippen LogP contribution >= 0.6 is 11.8 Å². The second-order valence-corrected chi connectivity index (χ2v) is 6.71. The van der Waals surface area contributed by atoms with Crippen molar-refractivity contribution in [2.75, 3.05) is 26.8 Å². The van der Waals surface area contributed by atoms with Gasteiger partial charge in [-0.2, -0.15) is 13.2 Å². The van der Waals surface area contributed by atoms with Gasteiger partial charge in [0.05, 0.1) is 6.61 Å². The highest BCUT2D eigenvalue weighted by Gasteiger charge is 2.46. The van der Waals surface area contributed by atoms with Crippen LogP contribution in [-0.4, -0.2) is 54.2 Å². The van der Waals surface area contributed by atoms with E-state index in [4.69, 9.17) is 4.74 Å². The summed E-state index contributed by atoms with van der Waals surface area (Å²) in [5.41, 5.74) is -5.31. The van der Waals surface area contributed by atoms with E-state index in [0.717, 1.165) is 0 Å². The van der Waals surface area contributed by atoms with Crippen molar-refractivity contribution in [3.05, 3.63) is 29.8 Å². The molecule has 1 atom stereocenters. The lowest BCUT2D eigenvalue weighted by Crippen LogP contribution is -2.40. The van der Waals surface area contributed by atoms with Crippen molar-refractivity contribution in [3.8, 4) is 0 Å². The summed E-state index contributed by atoms with van der Waals surface area (Å²) in [6, 6.07) is 5.07. The Morgan fingerprint density at radius 1 is 1.33 bits per heavy atom. The molecule has 0 saturated carbocycles. The van der Waals surface area contributed by atoms with Crippen LogP contribution in [0.15, 0.2) is 29.2 Å². The highest BCUT2D eigenvalue weighted by molar-refractivity contribution is 8.00. The van der Waals surface area contributed by atoms with Crippen molar-refractivity contribution in [1.29, 1.82) is 0 Å². The van der Waals surface area contributed by atoms with Crippen LogP contribution in [0.2, 0.25) is 0 Å². The molecule has 1 heterocycles. The molecule has 132 valence electrons. The summed E-state index contributed by atoms with van der Waals surface area (Å²) in [6.45, 7) is 0.259. The zero-order valence-electron chi connectivity index (χ0n) is 12.8. The number of nitrogens with zero attached hydrogens (tertiary/aromatic N) is 1. The zero-order valence-corrected chi connectivity index (χ0v) is 13.6. The van der Waals surface area contributed by atoms with Crippen LogP contribution in [0.5, 0.6) is 0 Å². The highest BCUT2D eigenvalue weighted by atomic mass is 32.2. The maximum absolute atomic E-state index is 12.4. The molecule has 0 radical (unpaired) electrons. The first-order chi connectivity index (χ1) is 11.2. The lowest BCUT2D eigenvalue weighted by molar-refractivity contribution is -0.151. The molecule has 9 heteroatoms. The third-order valence-electron chi connectivity index (χ3n) is 3.85. The van der Waals surface area contributed by atoms with E-state index in [1.165, 1.54) is 36.3 Å². The summed E-state index contributed by atoms with van der Waals surface area (Å²) in [7, 11) is 1.40. The predicted molar refractivity (Wildman–Crippen MR) is 80.8 cm³/mol. The summed E-state index contributed by atoms with van der Waals surface area (Å²) in [5.74, 6) is -1.44. The Labute approximate surface area is 140 Å². The second-order valence-electron chi connectivity index (χ2n) is 5.57. The first kappa shape index (κ1) is 18.6. The maximum Gasteiger partial charge on any atom is 0.446 e. The van der Waals surface area contributed by atoms with Crippen molar-refractivity contribution >= 4 is 23.6 Å². The van der Waals surface area contributed by atoms with Crippen LogP contribution in [0.3, 0.4) is 0 Å². The molecule has 1 N–H and O–H groups in total. The molecule has 1 saturated heterocycles. The Morgan fingerprint density at radius 3 is 2.46 bits per heavy atom. The summed E-state index contributed by atoms with van der Waals surface area (Å²) in [5, 5.41) is 9.38. The number of rotatable bonds is 5. The minimum atomic E-state index is -4.39. The van der Waals surface area contributed by atoms with Gasteiger partial charge in [-0.05, 0) is 42.4 Å². The zero-order chi connectivity index (χ0) is 18.0. The van der Waals surface area contributed by atoms with Crippen molar-refractivity contribution in [2.45, 2.75) is 16.8 Å². The SMILES string of the molecule is COCC1(C(=O)O)CCN(C(=O)c2ccc(SC(F)(F)F)cc2)C1. The minimum Gasteiger partial charge on any atom is -0.481 e.